The lowest BCUT2D eigenvalue weighted by molar-refractivity contribution is 0.104. The fourth-order valence-corrected chi connectivity index (χ4v) is 2.49. The molecule has 6 heteroatoms. The summed E-state index contributed by atoms with van der Waals surface area (Å²) in [5, 5.41) is 15.5. The van der Waals surface area contributed by atoms with Crippen LogP contribution in [0.2, 0.25) is 5.02 Å². The van der Waals surface area contributed by atoms with Crippen LogP contribution in [0.25, 0.3) is 0 Å². The van der Waals surface area contributed by atoms with Crippen LogP contribution in [0, 0.1) is 5.92 Å². The first-order valence-electron chi connectivity index (χ1n) is 7.41. The number of amides is 2. The number of benzene rings is 1. The van der Waals surface area contributed by atoms with Crippen molar-refractivity contribution in [1.82, 2.24) is 10.6 Å². The topological polar surface area (TPSA) is 70.6 Å². The molecule has 0 heterocycles. The predicted molar refractivity (Wildman–Crippen MR) is 88.1 cm³/mol. The summed E-state index contributed by atoms with van der Waals surface area (Å²) in [7, 11) is 1.58. The molecule has 22 heavy (non-hydrogen) atoms. The molecule has 0 saturated carbocycles. The van der Waals surface area contributed by atoms with Crippen LogP contribution in [0.15, 0.2) is 24.3 Å². The Morgan fingerprint density at radius 3 is 2.50 bits per heavy atom. The zero-order chi connectivity index (χ0) is 16.5. The summed E-state index contributed by atoms with van der Waals surface area (Å²) in [6.45, 7) is 4.56. The summed E-state index contributed by atoms with van der Waals surface area (Å²) in [5.41, 5.74) is 0.842. The zero-order valence-corrected chi connectivity index (χ0v) is 14.1. The molecule has 5 nitrogen and oxygen atoms in total. The van der Waals surface area contributed by atoms with E-state index < -0.39 is 0 Å². The number of rotatable bonds is 8. The molecule has 3 unspecified atom stereocenters. The summed E-state index contributed by atoms with van der Waals surface area (Å²) in [6, 6.07) is 7.14. The number of aliphatic hydroxyl groups excluding tert-OH is 1. The van der Waals surface area contributed by atoms with Gasteiger partial charge < -0.3 is 20.5 Å². The number of carbonyl (C=O) groups is 1. The third-order valence-electron chi connectivity index (χ3n) is 3.34. The first kappa shape index (κ1) is 18.7. The van der Waals surface area contributed by atoms with Crippen LogP contribution in [0.5, 0.6) is 0 Å². The van der Waals surface area contributed by atoms with E-state index >= 15 is 0 Å². The van der Waals surface area contributed by atoms with Gasteiger partial charge in [0, 0.05) is 30.8 Å². The number of carbonyl (C=O) groups excluding carboxylic acids is 1. The summed E-state index contributed by atoms with van der Waals surface area (Å²) in [4.78, 5) is 11.8. The van der Waals surface area contributed by atoms with Crippen molar-refractivity contribution in [3.8, 4) is 0 Å². The van der Waals surface area contributed by atoms with E-state index in [-0.39, 0.29) is 24.2 Å². The number of hydrogen-bond donors (Lipinski definition) is 3. The Bertz CT molecular complexity index is 468. The Morgan fingerprint density at radius 2 is 1.91 bits per heavy atom. The molecule has 3 N–H and O–H groups in total. The number of hydrogen-bond acceptors (Lipinski definition) is 3. The molecule has 3 atom stereocenters. The number of aliphatic hydroxyl groups is 1. The van der Waals surface area contributed by atoms with Gasteiger partial charge in [-0.25, -0.2) is 4.79 Å². The van der Waals surface area contributed by atoms with Crippen LogP contribution in [-0.2, 0) is 4.74 Å². The number of ether oxygens (including phenoxy) is 1. The van der Waals surface area contributed by atoms with Crippen LogP contribution in [0.4, 0.5) is 4.79 Å². The minimum Gasteiger partial charge on any atom is -0.393 e. The number of methoxy groups -OCH3 is 1. The van der Waals surface area contributed by atoms with Gasteiger partial charge in [-0.05, 0) is 25.3 Å². The highest BCUT2D eigenvalue weighted by molar-refractivity contribution is 6.31. The van der Waals surface area contributed by atoms with Crippen LogP contribution in [0.3, 0.4) is 0 Å². The van der Waals surface area contributed by atoms with Gasteiger partial charge in [-0.15, -0.1) is 0 Å². The summed E-state index contributed by atoms with van der Waals surface area (Å²) in [5.74, 6) is 0.215. The molecule has 0 fully saturated rings. The molecule has 0 aliphatic rings. The average molecular weight is 329 g/mol. The second-order valence-corrected chi connectivity index (χ2v) is 5.93. The smallest absolute Gasteiger partial charge is 0.314 e. The van der Waals surface area contributed by atoms with Crippen LogP contribution >= 0.6 is 11.6 Å². The lowest BCUT2D eigenvalue weighted by Crippen LogP contribution is -2.40. The number of halogens is 1. The third-order valence-corrected chi connectivity index (χ3v) is 3.68. The molecule has 1 rings (SSSR count). The van der Waals surface area contributed by atoms with E-state index in [1.54, 1.807) is 20.1 Å². The highest BCUT2D eigenvalue weighted by atomic mass is 35.5. The zero-order valence-electron chi connectivity index (χ0n) is 13.3. The van der Waals surface area contributed by atoms with Crippen molar-refractivity contribution in [2.24, 2.45) is 5.92 Å². The molecule has 0 aliphatic heterocycles. The van der Waals surface area contributed by atoms with Crippen molar-refractivity contribution in [1.29, 1.82) is 0 Å². The molecule has 0 spiro atoms. The molecule has 2 amide bonds. The highest BCUT2D eigenvalue weighted by Gasteiger charge is 2.15. The van der Waals surface area contributed by atoms with Gasteiger partial charge in [-0.3, -0.25) is 0 Å². The molecular weight excluding hydrogens is 304 g/mol. The highest BCUT2D eigenvalue weighted by Crippen LogP contribution is 2.24. The quantitative estimate of drug-likeness (QED) is 0.687. The second-order valence-electron chi connectivity index (χ2n) is 5.53. The standard InChI is InChI=1S/C16H25ClN2O3/c1-11(8-12(2)20)9-18-16(21)19-10-15(22-3)13-6-4-5-7-14(13)17/h4-7,11-12,15,20H,8-10H2,1-3H3,(H2,18,19,21). The van der Waals surface area contributed by atoms with E-state index in [1.807, 2.05) is 25.1 Å². The second kappa shape index (κ2) is 9.66. The maximum Gasteiger partial charge on any atom is 0.314 e. The van der Waals surface area contributed by atoms with E-state index in [4.69, 9.17) is 16.3 Å². The molecule has 1 aromatic carbocycles. The predicted octanol–water partition coefficient (Wildman–Crippen LogP) is 2.73. The first-order valence-corrected chi connectivity index (χ1v) is 7.78. The van der Waals surface area contributed by atoms with Gasteiger partial charge in [0.25, 0.3) is 0 Å². The van der Waals surface area contributed by atoms with Crippen molar-refractivity contribution in [2.45, 2.75) is 32.5 Å². The Balaban J connectivity index is 2.40. The van der Waals surface area contributed by atoms with E-state index in [1.165, 1.54) is 0 Å². The molecule has 0 bridgehead atoms. The van der Waals surface area contributed by atoms with Crippen LogP contribution in [0.1, 0.15) is 31.9 Å². The molecule has 0 aromatic heterocycles. The minimum atomic E-state index is -0.363. The van der Waals surface area contributed by atoms with Crippen molar-refractivity contribution in [2.75, 3.05) is 20.2 Å². The molecule has 124 valence electrons. The minimum absolute atomic E-state index is 0.215. The van der Waals surface area contributed by atoms with Gasteiger partial charge >= 0.3 is 6.03 Å². The maximum absolute atomic E-state index is 11.8. The van der Waals surface area contributed by atoms with E-state index in [0.717, 1.165) is 5.56 Å². The Kier molecular flexibility index (Phi) is 8.24. The lowest BCUT2D eigenvalue weighted by Gasteiger charge is -2.19. The first-order chi connectivity index (χ1) is 10.4. The fourth-order valence-electron chi connectivity index (χ4n) is 2.24. The summed E-state index contributed by atoms with van der Waals surface area (Å²) >= 11 is 6.13. The molecule has 0 aliphatic carbocycles. The van der Waals surface area contributed by atoms with E-state index in [9.17, 15) is 9.90 Å². The molecule has 0 radical (unpaired) electrons. The van der Waals surface area contributed by atoms with Crippen molar-refractivity contribution in [3.63, 3.8) is 0 Å². The number of urea groups is 1. The Morgan fingerprint density at radius 1 is 1.27 bits per heavy atom. The van der Waals surface area contributed by atoms with Gasteiger partial charge in [0.1, 0.15) is 6.10 Å². The molecular formula is C16H25ClN2O3. The van der Waals surface area contributed by atoms with Crippen molar-refractivity contribution < 1.29 is 14.6 Å². The van der Waals surface area contributed by atoms with Gasteiger partial charge in [0.2, 0.25) is 0 Å². The molecule has 0 saturated heterocycles. The van der Waals surface area contributed by atoms with E-state index in [0.29, 0.717) is 24.5 Å². The van der Waals surface area contributed by atoms with E-state index in [2.05, 4.69) is 10.6 Å². The van der Waals surface area contributed by atoms with Crippen LogP contribution < -0.4 is 10.6 Å². The monoisotopic (exact) mass is 328 g/mol. The van der Waals surface area contributed by atoms with Gasteiger partial charge in [-0.2, -0.15) is 0 Å². The molecule has 1 aromatic rings. The lowest BCUT2D eigenvalue weighted by atomic mass is 10.1. The van der Waals surface area contributed by atoms with Crippen molar-refractivity contribution in [3.05, 3.63) is 34.9 Å². The fraction of sp³-hybridized carbons (Fsp3) is 0.562. The average Bonchev–Trinajstić information content (AvgIpc) is 2.46. The SMILES string of the molecule is COC(CNC(=O)NCC(C)CC(C)O)c1ccccc1Cl. The Hall–Kier alpha value is -1.30. The van der Waals surface area contributed by atoms with Gasteiger partial charge in [0.05, 0.1) is 6.10 Å². The van der Waals surface area contributed by atoms with Crippen molar-refractivity contribution >= 4 is 17.6 Å². The third kappa shape index (κ3) is 6.64. The maximum atomic E-state index is 11.8. The normalized spacial score (nSPS) is 15.0. The van der Waals surface area contributed by atoms with Crippen LogP contribution in [-0.4, -0.2) is 37.4 Å². The summed E-state index contributed by atoms with van der Waals surface area (Å²) < 4.78 is 5.39. The van der Waals surface area contributed by atoms with Gasteiger partial charge in [0.15, 0.2) is 0 Å². The largest absolute Gasteiger partial charge is 0.393 e. The van der Waals surface area contributed by atoms with Gasteiger partial charge in [-0.1, -0.05) is 36.7 Å². The number of nitrogens with one attached hydrogen (secondary N) is 2. The Labute approximate surface area is 137 Å². The summed E-state index contributed by atoms with van der Waals surface area (Å²) in [6.07, 6.45) is -0.00654.